The van der Waals surface area contributed by atoms with Gasteiger partial charge in [0, 0.05) is 24.5 Å². The van der Waals surface area contributed by atoms with E-state index in [1.54, 1.807) is 24.4 Å². The summed E-state index contributed by atoms with van der Waals surface area (Å²) in [5.41, 5.74) is 2.46. The SMILES string of the molecule is O=C(NCCO)Nc1ccc2nc(-c3ccccn3)oc2c1. The number of fused-ring (bicyclic) bond motifs is 1. The molecule has 0 saturated heterocycles. The summed E-state index contributed by atoms with van der Waals surface area (Å²) in [6.07, 6.45) is 1.67. The molecule has 0 bridgehead atoms. The van der Waals surface area contributed by atoms with Gasteiger partial charge in [-0.3, -0.25) is 4.98 Å². The molecule has 2 heterocycles. The number of aliphatic hydroxyl groups is 1. The van der Waals surface area contributed by atoms with Crippen molar-refractivity contribution >= 4 is 22.8 Å². The van der Waals surface area contributed by atoms with Crippen LogP contribution < -0.4 is 10.6 Å². The average molecular weight is 298 g/mol. The highest BCUT2D eigenvalue weighted by molar-refractivity contribution is 5.91. The van der Waals surface area contributed by atoms with Crippen molar-refractivity contribution in [2.24, 2.45) is 0 Å². The number of carbonyl (C=O) groups is 1. The average Bonchev–Trinajstić information content (AvgIpc) is 2.97. The van der Waals surface area contributed by atoms with Crippen LogP contribution in [0, 0.1) is 0 Å². The first-order chi connectivity index (χ1) is 10.8. The first-order valence-corrected chi connectivity index (χ1v) is 6.74. The Morgan fingerprint density at radius 1 is 1.27 bits per heavy atom. The van der Waals surface area contributed by atoms with Gasteiger partial charge < -0.3 is 20.2 Å². The third kappa shape index (κ3) is 3.04. The lowest BCUT2D eigenvalue weighted by molar-refractivity contribution is 0.245. The minimum absolute atomic E-state index is 0.109. The van der Waals surface area contributed by atoms with Gasteiger partial charge in [0.25, 0.3) is 0 Å². The Hall–Kier alpha value is -2.93. The maximum Gasteiger partial charge on any atom is 0.319 e. The molecule has 112 valence electrons. The van der Waals surface area contributed by atoms with E-state index in [1.807, 2.05) is 18.2 Å². The number of hydrogen-bond acceptors (Lipinski definition) is 5. The van der Waals surface area contributed by atoms with Crippen molar-refractivity contribution in [3.8, 4) is 11.6 Å². The number of nitrogens with one attached hydrogen (secondary N) is 2. The maximum absolute atomic E-state index is 11.5. The van der Waals surface area contributed by atoms with Gasteiger partial charge in [-0.15, -0.1) is 0 Å². The normalized spacial score (nSPS) is 10.6. The van der Waals surface area contributed by atoms with Crippen LogP contribution in [0.15, 0.2) is 47.0 Å². The van der Waals surface area contributed by atoms with Crippen molar-refractivity contribution in [2.75, 3.05) is 18.5 Å². The van der Waals surface area contributed by atoms with Crippen LogP contribution in [0.2, 0.25) is 0 Å². The van der Waals surface area contributed by atoms with Crippen molar-refractivity contribution < 1.29 is 14.3 Å². The molecule has 0 atom stereocenters. The number of amides is 2. The molecule has 7 nitrogen and oxygen atoms in total. The van der Waals surface area contributed by atoms with Crippen molar-refractivity contribution in [2.45, 2.75) is 0 Å². The Balaban J connectivity index is 1.83. The smallest absolute Gasteiger partial charge is 0.319 e. The van der Waals surface area contributed by atoms with Gasteiger partial charge in [-0.2, -0.15) is 0 Å². The second-order valence-corrected chi connectivity index (χ2v) is 4.52. The molecular formula is C15H14N4O3. The minimum Gasteiger partial charge on any atom is -0.435 e. The zero-order chi connectivity index (χ0) is 15.4. The number of carbonyl (C=O) groups excluding carboxylic acids is 1. The molecule has 22 heavy (non-hydrogen) atoms. The second kappa shape index (κ2) is 6.23. The Kier molecular flexibility index (Phi) is 3.97. The van der Waals surface area contributed by atoms with Gasteiger partial charge in [-0.1, -0.05) is 6.07 Å². The summed E-state index contributed by atoms with van der Waals surface area (Å²) in [5, 5.41) is 13.8. The Morgan fingerprint density at radius 3 is 2.95 bits per heavy atom. The van der Waals surface area contributed by atoms with Gasteiger partial charge in [0.2, 0.25) is 5.89 Å². The largest absolute Gasteiger partial charge is 0.435 e. The molecule has 0 aliphatic carbocycles. The van der Waals surface area contributed by atoms with E-state index in [2.05, 4.69) is 20.6 Å². The Labute approximate surface area is 126 Å². The molecule has 0 aliphatic rings. The molecule has 0 unspecified atom stereocenters. The maximum atomic E-state index is 11.5. The highest BCUT2D eigenvalue weighted by Gasteiger charge is 2.10. The number of urea groups is 1. The fourth-order valence-corrected chi connectivity index (χ4v) is 1.95. The van der Waals surface area contributed by atoms with Crippen LogP contribution in [-0.4, -0.2) is 34.3 Å². The van der Waals surface area contributed by atoms with Crippen LogP contribution in [0.1, 0.15) is 0 Å². The van der Waals surface area contributed by atoms with Gasteiger partial charge in [-0.05, 0) is 24.3 Å². The fourth-order valence-electron chi connectivity index (χ4n) is 1.95. The summed E-state index contributed by atoms with van der Waals surface area (Å²) in [7, 11) is 0. The zero-order valence-corrected chi connectivity index (χ0v) is 11.6. The van der Waals surface area contributed by atoms with E-state index in [0.717, 1.165) is 0 Å². The predicted molar refractivity (Wildman–Crippen MR) is 81.3 cm³/mol. The van der Waals surface area contributed by atoms with Crippen molar-refractivity contribution in [1.82, 2.24) is 15.3 Å². The van der Waals surface area contributed by atoms with E-state index in [9.17, 15) is 4.79 Å². The first-order valence-electron chi connectivity index (χ1n) is 6.74. The molecular weight excluding hydrogens is 284 g/mol. The number of benzene rings is 1. The van der Waals surface area contributed by atoms with Gasteiger partial charge in [0.05, 0.1) is 6.61 Å². The number of anilines is 1. The van der Waals surface area contributed by atoms with Crippen LogP contribution in [0.5, 0.6) is 0 Å². The lowest BCUT2D eigenvalue weighted by Crippen LogP contribution is -2.30. The highest BCUT2D eigenvalue weighted by atomic mass is 16.3. The molecule has 2 amide bonds. The summed E-state index contributed by atoms with van der Waals surface area (Å²) in [6, 6.07) is 10.3. The summed E-state index contributed by atoms with van der Waals surface area (Å²) in [6.45, 7) is 0.0855. The topological polar surface area (TPSA) is 100 Å². The van der Waals surface area contributed by atoms with Crippen LogP contribution in [-0.2, 0) is 0 Å². The predicted octanol–water partition coefficient (Wildman–Crippen LogP) is 2.00. The fraction of sp³-hybridized carbons (Fsp3) is 0.133. The number of hydrogen-bond donors (Lipinski definition) is 3. The Bertz CT molecular complexity index is 786. The van der Waals surface area contributed by atoms with Gasteiger partial charge in [0.1, 0.15) is 11.2 Å². The highest BCUT2D eigenvalue weighted by Crippen LogP contribution is 2.24. The third-order valence-corrected chi connectivity index (χ3v) is 2.93. The van der Waals surface area contributed by atoms with E-state index in [-0.39, 0.29) is 13.2 Å². The summed E-state index contributed by atoms with van der Waals surface area (Å²) in [5.74, 6) is 0.428. The number of nitrogens with zero attached hydrogens (tertiary/aromatic N) is 2. The molecule has 2 aromatic heterocycles. The molecule has 3 rings (SSSR count). The summed E-state index contributed by atoms with van der Waals surface area (Å²) < 4.78 is 5.67. The molecule has 3 aromatic rings. The van der Waals surface area contributed by atoms with Crippen LogP contribution in [0.4, 0.5) is 10.5 Å². The molecule has 0 aliphatic heterocycles. The summed E-state index contributed by atoms with van der Waals surface area (Å²) >= 11 is 0. The molecule has 0 saturated carbocycles. The summed E-state index contributed by atoms with van der Waals surface area (Å²) in [4.78, 5) is 20.1. The lowest BCUT2D eigenvalue weighted by Gasteiger charge is -2.05. The number of oxazole rings is 1. The molecule has 1 aromatic carbocycles. The molecule has 3 N–H and O–H groups in total. The lowest BCUT2D eigenvalue weighted by atomic mass is 10.3. The first kappa shape index (κ1) is 14.0. The van der Waals surface area contributed by atoms with Crippen LogP contribution in [0.3, 0.4) is 0 Å². The van der Waals surface area contributed by atoms with E-state index in [4.69, 9.17) is 9.52 Å². The molecule has 0 radical (unpaired) electrons. The zero-order valence-electron chi connectivity index (χ0n) is 11.6. The molecule has 0 fully saturated rings. The van der Waals surface area contributed by atoms with Crippen LogP contribution >= 0.6 is 0 Å². The minimum atomic E-state index is -0.391. The van der Waals surface area contributed by atoms with Gasteiger partial charge in [0.15, 0.2) is 5.58 Å². The molecule has 7 heteroatoms. The van der Waals surface area contributed by atoms with Crippen molar-refractivity contribution in [3.05, 3.63) is 42.6 Å². The Morgan fingerprint density at radius 2 is 2.18 bits per heavy atom. The van der Waals surface area contributed by atoms with Crippen molar-refractivity contribution in [3.63, 3.8) is 0 Å². The number of aliphatic hydroxyl groups excluding tert-OH is 1. The van der Waals surface area contributed by atoms with Crippen molar-refractivity contribution in [1.29, 1.82) is 0 Å². The number of rotatable bonds is 4. The van der Waals surface area contributed by atoms with E-state index >= 15 is 0 Å². The third-order valence-electron chi connectivity index (χ3n) is 2.93. The molecule has 0 spiro atoms. The van der Waals surface area contributed by atoms with E-state index in [1.165, 1.54) is 0 Å². The monoisotopic (exact) mass is 298 g/mol. The van der Waals surface area contributed by atoms with Gasteiger partial charge in [-0.25, -0.2) is 9.78 Å². The quantitative estimate of drug-likeness (QED) is 0.684. The van der Waals surface area contributed by atoms with E-state index in [0.29, 0.717) is 28.4 Å². The van der Waals surface area contributed by atoms with Gasteiger partial charge >= 0.3 is 6.03 Å². The number of aromatic nitrogens is 2. The number of pyridine rings is 1. The van der Waals surface area contributed by atoms with Crippen LogP contribution in [0.25, 0.3) is 22.7 Å². The second-order valence-electron chi connectivity index (χ2n) is 4.52. The van der Waals surface area contributed by atoms with E-state index < -0.39 is 6.03 Å². The standard InChI is InChI=1S/C15H14N4O3/c20-8-7-17-15(21)18-10-4-5-11-13(9-10)22-14(19-11)12-3-1-2-6-16-12/h1-6,9,20H,7-8H2,(H2,17,18,21).